The molecule has 1 atom stereocenters. The second-order valence-corrected chi connectivity index (χ2v) is 7.81. The van der Waals surface area contributed by atoms with E-state index in [0.29, 0.717) is 32.2 Å². The molecule has 2 fully saturated rings. The van der Waals surface area contributed by atoms with Crippen LogP contribution in [0.3, 0.4) is 0 Å². The lowest BCUT2D eigenvalue weighted by molar-refractivity contribution is -0.137. The van der Waals surface area contributed by atoms with E-state index in [4.69, 9.17) is 0 Å². The molecule has 24 heavy (non-hydrogen) atoms. The fourth-order valence-corrected chi connectivity index (χ4v) is 2.61. The maximum absolute atomic E-state index is 12.2. The zero-order valence-electron chi connectivity index (χ0n) is 15.2. The third kappa shape index (κ3) is 5.19. The molecule has 0 bridgehead atoms. The van der Waals surface area contributed by atoms with Crippen molar-refractivity contribution in [1.82, 2.24) is 20.4 Å². The van der Waals surface area contributed by atoms with E-state index in [-0.39, 0.29) is 30.3 Å². The highest BCUT2D eigenvalue weighted by molar-refractivity contribution is 5.87. The fraction of sp³-hybridized carbons (Fsp3) is 0.824. The number of carbonyl (C=O) groups excluding carboxylic acids is 3. The first-order valence-electron chi connectivity index (χ1n) is 8.79. The minimum Gasteiger partial charge on any atom is -0.352 e. The summed E-state index contributed by atoms with van der Waals surface area (Å²) < 4.78 is 0. The van der Waals surface area contributed by atoms with Crippen molar-refractivity contribution in [2.75, 3.05) is 32.7 Å². The normalized spacial score (nSPS) is 20.4. The molecule has 2 aliphatic rings. The van der Waals surface area contributed by atoms with Crippen LogP contribution >= 0.6 is 0 Å². The molecule has 7 nitrogen and oxygen atoms in total. The molecular weight excluding hydrogens is 308 g/mol. The molecule has 1 aliphatic carbocycles. The van der Waals surface area contributed by atoms with Crippen molar-refractivity contribution >= 4 is 17.7 Å². The molecule has 1 saturated heterocycles. The van der Waals surface area contributed by atoms with Crippen LogP contribution in [0.15, 0.2) is 0 Å². The maximum Gasteiger partial charge on any atom is 0.242 e. The van der Waals surface area contributed by atoms with Crippen LogP contribution in [0.25, 0.3) is 0 Å². The minimum atomic E-state index is -0.497. The smallest absolute Gasteiger partial charge is 0.242 e. The highest BCUT2D eigenvalue weighted by Crippen LogP contribution is 2.19. The van der Waals surface area contributed by atoms with E-state index in [1.54, 1.807) is 4.90 Å². The lowest BCUT2D eigenvalue weighted by Crippen LogP contribution is -2.56. The molecule has 0 aromatic heterocycles. The Morgan fingerprint density at radius 3 is 2.17 bits per heavy atom. The number of nitrogens with zero attached hydrogens (tertiary/aromatic N) is 2. The predicted octanol–water partition coefficient (Wildman–Crippen LogP) is -0.0400. The van der Waals surface area contributed by atoms with Crippen molar-refractivity contribution < 1.29 is 14.4 Å². The predicted molar refractivity (Wildman–Crippen MR) is 91.2 cm³/mol. The topological polar surface area (TPSA) is 81.8 Å². The van der Waals surface area contributed by atoms with E-state index in [0.717, 1.165) is 12.8 Å². The molecule has 1 heterocycles. The number of hydrogen-bond donors (Lipinski definition) is 2. The second kappa shape index (κ2) is 7.51. The van der Waals surface area contributed by atoms with Crippen LogP contribution in [-0.4, -0.2) is 72.3 Å². The number of rotatable bonds is 5. The number of hydrogen-bond acceptors (Lipinski definition) is 4. The Labute approximate surface area is 144 Å². The van der Waals surface area contributed by atoms with Crippen molar-refractivity contribution in [3.05, 3.63) is 0 Å². The van der Waals surface area contributed by atoms with Crippen LogP contribution in [0, 0.1) is 5.41 Å². The summed E-state index contributed by atoms with van der Waals surface area (Å²) in [6, 6.07) is 0.206. The molecule has 136 valence electrons. The van der Waals surface area contributed by atoms with E-state index in [1.807, 2.05) is 27.7 Å². The van der Waals surface area contributed by atoms with E-state index in [9.17, 15) is 14.4 Å². The first kappa shape index (κ1) is 18.7. The van der Waals surface area contributed by atoms with Gasteiger partial charge in [-0.05, 0) is 19.8 Å². The van der Waals surface area contributed by atoms with E-state index < -0.39 is 5.41 Å². The van der Waals surface area contributed by atoms with Crippen LogP contribution in [0.2, 0.25) is 0 Å². The zero-order valence-corrected chi connectivity index (χ0v) is 15.2. The molecule has 2 N–H and O–H groups in total. The van der Waals surface area contributed by atoms with Crippen LogP contribution in [0.4, 0.5) is 0 Å². The van der Waals surface area contributed by atoms with Gasteiger partial charge in [0.05, 0.1) is 12.6 Å². The minimum absolute atomic E-state index is 0.0355. The lowest BCUT2D eigenvalue weighted by Gasteiger charge is -2.37. The summed E-state index contributed by atoms with van der Waals surface area (Å²) in [7, 11) is 0. The molecule has 7 heteroatoms. The quantitative estimate of drug-likeness (QED) is 0.737. The van der Waals surface area contributed by atoms with E-state index >= 15 is 0 Å². The first-order valence-corrected chi connectivity index (χ1v) is 8.79. The third-order valence-corrected chi connectivity index (χ3v) is 4.60. The Morgan fingerprint density at radius 2 is 1.67 bits per heavy atom. The van der Waals surface area contributed by atoms with Gasteiger partial charge in [0.1, 0.15) is 0 Å². The summed E-state index contributed by atoms with van der Waals surface area (Å²) in [6.07, 6.45) is 2.17. The van der Waals surface area contributed by atoms with Crippen molar-refractivity contribution in [2.45, 2.75) is 52.6 Å². The summed E-state index contributed by atoms with van der Waals surface area (Å²) >= 11 is 0. The molecule has 1 unspecified atom stereocenters. The average Bonchev–Trinajstić information content (AvgIpc) is 3.34. The second-order valence-electron chi connectivity index (χ2n) is 7.81. The third-order valence-electron chi connectivity index (χ3n) is 4.60. The average molecular weight is 338 g/mol. The lowest BCUT2D eigenvalue weighted by atomic mass is 9.96. The SMILES string of the molecule is CC(C(=O)NC1CC1)N1CCN(C(=O)CNC(=O)C(C)(C)C)CC1. The van der Waals surface area contributed by atoms with Gasteiger partial charge in [0.2, 0.25) is 17.7 Å². The summed E-state index contributed by atoms with van der Waals surface area (Å²) in [4.78, 5) is 40.0. The monoisotopic (exact) mass is 338 g/mol. The Morgan fingerprint density at radius 1 is 1.08 bits per heavy atom. The van der Waals surface area contributed by atoms with Gasteiger partial charge in [-0.2, -0.15) is 0 Å². The van der Waals surface area contributed by atoms with Crippen molar-refractivity contribution in [3.63, 3.8) is 0 Å². The maximum atomic E-state index is 12.2. The number of amides is 3. The van der Waals surface area contributed by atoms with Gasteiger partial charge < -0.3 is 15.5 Å². The molecule has 0 spiro atoms. The van der Waals surface area contributed by atoms with Crippen molar-refractivity contribution in [1.29, 1.82) is 0 Å². The van der Waals surface area contributed by atoms with Crippen LogP contribution in [0.5, 0.6) is 0 Å². The molecule has 1 aliphatic heterocycles. The molecular formula is C17H30N4O3. The number of nitrogens with one attached hydrogen (secondary N) is 2. The first-order chi connectivity index (χ1) is 11.2. The molecule has 0 aromatic carbocycles. The van der Waals surface area contributed by atoms with Gasteiger partial charge in [0, 0.05) is 37.6 Å². The number of carbonyl (C=O) groups is 3. The highest BCUT2D eigenvalue weighted by Gasteiger charge is 2.31. The van der Waals surface area contributed by atoms with Gasteiger partial charge in [-0.1, -0.05) is 20.8 Å². The van der Waals surface area contributed by atoms with Crippen LogP contribution in [0.1, 0.15) is 40.5 Å². The van der Waals surface area contributed by atoms with Crippen LogP contribution in [-0.2, 0) is 14.4 Å². The fourth-order valence-electron chi connectivity index (χ4n) is 2.61. The summed E-state index contributed by atoms with van der Waals surface area (Å²) in [5.41, 5.74) is -0.497. The molecule has 2 rings (SSSR count). The Hall–Kier alpha value is -1.63. The van der Waals surface area contributed by atoms with Gasteiger partial charge in [-0.3, -0.25) is 19.3 Å². The van der Waals surface area contributed by atoms with E-state index in [2.05, 4.69) is 15.5 Å². The number of piperazine rings is 1. The Balaban J connectivity index is 1.72. The van der Waals surface area contributed by atoms with Gasteiger partial charge >= 0.3 is 0 Å². The standard InChI is InChI=1S/C17H30N4O3/c1-12(15(23)19-13-5-6-13)20-7-9-21(10-8-20)14(22)11-18-16(24)17(2,3)4/h12-13H,5-11H2,1-4H3,(H,18,24)(H,19,23). The largest absolute Gasteiger partial charge is 0.352 e. The Bertz CT molecular complexity index is 489. The van der Waals surface area contributed by atoms with Crippen molar-refractivity contribution in [2.24, 2.45) is 5.41 Å². The van der Waals surface area contributed by atoms with Gasteiger partial charge in [-0.25, -0.2) is 0 Å². The molecule has 0 aromatic rings. The van der Waals surface area contributed by atoms with Gasteiger partial charge in [0.15, 0.2) is 0 Å². The molecule has 3 amide bonds. The molecule has 0 radical (unpaired) electrons. The summed E-state index contributed by atoms with van der Waals surface area (Å²) in [5, 5.41) is 5.72. The molecule has 1 saturated carbocycles. The highest BCUT2D eigenvalue weighted by atomic mass is 16.2. The van der Waals surface area contributed by atoms with Gasteiger partial charge in [-0.15, -0.1) is 0 Å². The van der Waals surface area contributed by atoms with Gasteiger partial charge in [0.25, 0.3) is 0 Å². The summed E-state index contributed by atoms with van der Waals surface area (Å²) in [5.74, 6) is -0.114. The zero-order chi connectivity index (χ0) is 17.9. The van der Waals surface area contributed by atoms with Crippen LogP contribution < -0.4 is 10.6 Å². The van der Waals surface area contributed by atoms with Crippen molar-refractivity contribution in [3.8, 4) is 0 Å². The van der Waals surface area contributed by atoms with E-state index in [1.165, 1.54) is 0 Å². The Kier molecular flexibility index (Phi) is 5.85. The summed E-state index contributed by atoms with van der Waals surface area (Å²) in [6.45, 7) is 9.94.